The van der Waals surface area contributed by atoms with Crippen molar-refractivity contribution in [3.05, 3.63) is 60.2 Å². The molecule has 2 rings (SSSR count). The molecule has 86 valence electrons. The number of carbonyl (C=O) groups excluding carboxylic acids is 1. The highest BCUT2D eigenvalue weighted by molar-refractivity contribution is 5.61. The second-order valence-corrected chi connectivity index (χ2v) is 3.66. The zero-order valence-corrected chi connectivity index (χ0v) is 9.24. The molecule has 1 atom stereocenters. The number of carbonyl (C=O) groups is 1. The molecule has 1 unspecified atom stereocenters. The van der Waals surface area contributed by atoms with Gasteiger partial charge in [-0.2, -0.15) is 0 Å². The van der Waals surface area contributed by atoms with E-state index in [0.29, 0.717) is 11.4 Å². The average molecular weight is 227 g/mol. The van der Waals surface area contributed by atoms with E-state index in [0.717, 1.165) is 11.8 Å². The number of hydrogen-bond acceptors (Lipinski definition) is 3. The summed E-state index contributed by atoms with van der Waals surface area (Å²) >= 11 is 0. The highest BCUT2D eigenvalue weighted by atomic mass is 16.5. The molecular weight excluding hydrogens is 214 g/mol. The Balaban J connectivity index is 2.19. The third-order valence-corrected chi connectivity index (χ3v) is 2.37. The van der Waals surface area contributed by atoms with Crippen molar-refractivity contribution in [1.82, 2.24) is 0 Å². The van der Waals surface area contributed by atoms with Gasteiger partial charge in [0.2, 0.25) is 0 Å². The lowest BCUT2D eigenvalue weighted by Crippen LogP contribution is -2.08. The molecule has 0 aliphatic rings. The Hall–Kier alpha value is -2.29. The Morgan fingerprint density at radius 3 is 2.47 bits per heavy atom. The summed E-state index contributed by atoms with van der Waals surface area (Å²) in [6, 6.07) is 16.4. The van der Waals surface area contributed by atoms with E-state index in [1.54, 1.807) is 24.3 Å². The molecule has 0 amide bonds. The molecule has 0 saturated heterocycles. The number of ether oxygens (including phenoxy) is 1. The highest BCUT2D eigenvalue weighted by Crippen LogP contribution is 2.22. The fraction of sp³-hybridized carbons (Fsp3) is 0.0714. The second-order valence-electron chi connectivity index (χ2n) is 3.66. The Labute approximate surface area is 99.8 Å². The van der Waals surface area contributed by atoms with Crippen LogP contribution in [0, 0.1) is 0 Å². The lowest BCUT2D eigenvalue weighted by molar-refractivity contribution is -0.113. The smallest absolute Gasteiger partial charge is 0.179 e. The number of rotatable bonds is 4. The minimum absolute atomic E-state index is 0.589. The van der Waals surface area contributed by atoms with Crippen LogP contribution in [-0.2, 0) is 4.79 Å². The van der Waals surface area contributed by atoms with Gasteiger partial charge in [0.15, 0.2) is 12.4 Å². The molecule has 0 heterocycles. The average Bonchev–Trinajstić information content (AvgIpc) is 2.37. The molecule has 2 aromatic carbocycles. The summed E-state index contributed by atoms with van der Waals surface area (Å²) in [6.07, 6.45) is 0.177. The van der Waals surface area contributed by atoms with Gasteiger partial charge in [0, 0.05) is 11.8 Å². The van der Waals surface area contributed by atoms with Gasteiger partial charge in [-0.25, -0.2) is 0 Å². The predicted molar refractivity (Wildman–Crippen MR) is 66.7 cm³/mol. The fourth-order valence-electron chi connectivity index (χ4n) is 1.55. The molecule has 0 spiro atoms. The van der Waals surface area contributed by atoms with E-state index < -0.39 is 6.10 Å². The van der Waals surface area contributed by atoms with E-state index in [2.05, 4.69) is 0 Å². The number of benzene rings is 2. The number of aldehydes is 1. The maximum absolute atomic E-state index is 11.0. The first-order valence-electron chi connectivity index (χ1n) is 5.32. The normalized spacial score (nSPS) is 11.8. The van der Waals surface area contributed by atoms with Crippen LogP contribution >= 0.6 is 0 Å². The summed E-state index contributed by atoms with van der Waals surface area (Å²) in [5.41, 5.74) is 7.08. The maximum Gasteiger partial charge on any atom is 0.179 e. The van der Waals surface area contributed by atoms with Crippen LogP contribution in [-0.4, -0.2) is 6.29 Å². The molecule has 17 heavy (non-hydrogen) atoms. The first kappa shape index (κ1) is 11.2. The maximum atomic E-state index is 11.0. The topological polar surface area (TPSA) is 52.3 Å². The van der Waals surface area contributed by atoms with Crippen molar-refractivity contribution in [3.8, 4) is 5.75 Å². The summed E-state index contributed by atoms with van der Waals surface area (Å²) in [5.74, 6) is 0.589. The van der Waals surface area contributed by atoms with Crippen molar-refractivity contribution in [1.29, 1.82) is 0 Å². The first-order chi connectivity index (χ1) is 8.29. The van der Waals surface area contributed by atoms with Crippen molar-refractivity contribution < 1.29 is 9.53 Å². The predicted octanol–water partition coefficient (Wildman–Crippen LogP) is 2.59. The van der Waals surface area contributed by atoms with Crippen LogP contribution < -0.4 is 10.5 Å². The summed E-state index contributed by atoms with van der Waals surface area (Å²) in [5, 5.41) is 0. The summed E-state index contributed by atoms with van der Waals surface area (Å²) in [7, 11) is 0. The third-order valence-electron chi connectivity index (χ3n) is 2.37. The van der Waals surface area contributed by atoms with Crippen LogP contribution in [0.3, 0.4) is 0 Å². The second kappa shape index (κ2) is 5.16. The lowest BCUT2D eigenvalue weighted by Gasteiger charge is -2.13. The minimum Gasteiger partial charge on any atom is -0.478 e. The van der Waals surface area contributed by atoms with Crippen LogP contribution in [0.25, 0.3) is 0 Å². The molecule has 0 aliphatic carbocycles. The molecule has 0 aromatic heterocycles. The van der Waals surface area contributed by atoms with E-state index in [9.17, 15) is 4.79 Å². The van der Waals surface area contributed by atoms with Gasteiger partial charge in [-0.15, -0.1) is 0 Å². The third kappa shape index (κ3) is 2.84. The van der Waals surface area contributed by atoms with Crippen molar-refractivity contribution in [2.45, 2.75) is 6.10 Å². The van der Waals surface area contributed by atoms with E-state index >= 15 is 0 Å². The highest BCUT2D eigenvalue weighted by Gasteiger charge is 2.11. The van der Waals surface area contributed by atoms with Gasteiger partial charge in [-0.05, 0) is 17.7 Å². The largest absolute Gasteiger partial charge is 0.478 e. The minimum atomic E-state index is -0.599. The molecule has 0 fully saturated rings. The molecule has 0 radical (unpaired) electrons. The van der Waals surface area contributed by atoms with Crippen molar-refractivity contribution >= 4 is 12.0 Å². The summed E-state index contributed by atoms with van der Waals surface area (Å²) in [6.45, 7) is 0. The Bertz CT molecular complexity index is 497. The van der Waals surface area contributed by atoms with E-state index in [-0.39, 0.29) is 0 Å². The molecule has 3 nitrogen and oxygen atoms in total. The number of nitrogens with two attached hydrogens (primary N) is 1. The molecule has 0 bridgehead atoms. The standard InChI is InChI=1S/C14H13NO2/c15-12-7-4-8-13(9-12)17-14(10-16)11-5-2-1-3-6-11/h1-10,14H,15H2. The Kier molecular flexibility index (Phi) is 3.40. The number of hydrogen-bond donors (Lipinski definition) is 1. The quantitative estimate of drug-likeness (QED) is 0.645. The van der Waals surface area contributed by atoms with Gasteiger partial charge < -0.3 is 10.5 Å². The van der Waals surface area contributed by atoms with Gasteiger partial charge in [-0.1, -0.05) is 36.4 Å². The van der Waals surface area contributed by atoms with Crippen LogP contribution in [0.15, 0.2) is 54.6 Å². The van der Waals surface area contributed by atoms with Gasteiger partial charge in [-0.3, -0.25) is 4.79 Å². The summed E-state index contributed by atoms with van der Waals surface area (Å²) in [4.78, 5) is 11.0. The van der Waals surface area contributed by atoms with Crippen LogP contribution in [0.4, 0.5) is 5.69 Å². The Morgan fingerprint density at radius 1 is 1.06 bits per heavy atom. The fourth-order valence-corrected chi connectivity index (χ4v) is 1.55. The van der Waals surface area contributed by atoms with E-state index in [4.69, 9.17) is 10.5 Å². The SMILES string of the molecule is Nc1cccc(OC(C=O)c2ccccc2)c1. The molecule has 2 N–H and O–H groups in total. The van der Waals surface area contributed by atoms with Crippen LogP contribution in [0.2, 0.25) is 0 Å². The molecular formula is C14H13NO2. The summed E-state index contributed by atoms with van der Waals surface area (Å²) < 4.78 is 5.58. The van der Waals surface area contributed by atoms with Crippen molar-refractivity contribution in [3.63, 3.8) is 0 Å². The monoisotopic (exact) mass is 227 g/mol. The first-order valence-corrected chi connectivity index (χ1v) is 5.32. The van der Waals surface area contributed by atoms with Crippen molar-refractivity contribution in [2.24, 2.45) is 0 Å². The Morgan fingerprint density at radius 2 is 1.82 bits per heavy atom. The van der Waals surface area contributed by atoms with Crippen molar-refractivity contribution in [2.75, 3.05) is 5.73 Å². The zero-order chi connectivity index (χ0) is 12.1. The zero-order valence-electron chi connectivity index (χ0n) is 9.24. The van der Waals surface area contributed by atoms with Crippen LogP contribution in [0.5, 0.6) is 5.75 Å². The lowest BCUT2D eigenvalue weighted by atomic mass is 10.1. The van der Waals surface area contributed by atoms with Gasteiger partial charge in [0.05, 0.1) is 0 Å². The number of anilines is 1. The van der Waals surface area contributed by atoms with E-state index in [1.807, 2.05) is 30.3 Å². The number of nitrogen functional groups attached to an aromatic ring is 1. The van der Waals surface area contributed by atoms with Gasteiger partial charge in [0.1, 0.15) is 5.75 Å². The van der Waals surface area contributed by atoms with E-state index in [1.165, 1.54) is 0 Å². The molecule has 3 heteroatoms. The van der Waals surface area contributed by atoms with Gasteiger partial charge >= 0.3 is 0 Å². The van der Waals surface area contributed by atoms with Gasteiger partial charge in [0.25, 0.3) is 0 Å². The van der Waals surface area contributed by atoms with Crippen LogP contribution in [0.1, 0.15) is 11.7 Å². The molecule has 0 saturated carbocycles. The molecule has 0 aliphatic heterocycles. The molecule has 2 aromatic rings.